The molecule has 0 heterocycles. The molecule has 0 bridgehead atoms. The first-order valence-corrected chi connectivity index (χ1v) is 9.44. The van der Waals surface area contributed by atoms with Gasteiger partial charge in [0.1, 0.15) is 11.5 Å². The van der Waals surface area contributed by atoms with Gasteiger partial charge in [-0.05, 0) is 18.8 Å². The van der Waals surface area contributed by atoms with Gasteiger partial charge in [0, 0.05) is 30.8 Å². The lowest BCUT2D eigenvalue weighted by Crippen LogP contribution is -2.45. The zero-order chi connectivity index (χ0) is 16.9. The van der Waals surface area contributed by atoms with Gasteiger partial charge in [0.15, 0.2) is 0 Å². The maximum Gasteiger partial charge on any atom is 0.241 e. The van der Waals surface area contributed by atoms with Crippen LogP contribution in [-0.4, -0.2) is 35.2 Å². The Morgan fingerprint density at radius 2 is 1.67 bits per heavy atom. The summed E-state index contributed by atoms with van der Waals surface area (Å²) < 4.78 is 38.5. The highest BCUT2D eigenvalue weighted by molar-refractivity contribution is 7.89. The van der Waals surface area contributed by atoms with Crippen LogP contribution in [0.4, 0.5) is 0 Å². The van der Waals surface area contributed by atoms with E-state index < -0.39 is 10.0 Å². The van der Waals surface area contributed by atoms with Gasteiger partial charge in [-0.2, -0.15) is 0 Å². The molecule has 0 radical (unpaired) electrons. The Hall–Kier alpha value is -1.02. The fraction of sp³-hybridized carbons (Fsp3) is 0.625. The number of nitrogens with one attached hydrogen (secondary N) is 1. The van der Waals surface area contributed by atoms with Gasteiger partial charge < -0.3 is 15.2 Å². The SMILES string of the molecule is COc1cc(OC)cc(S(=O)(=O)NC(CN)C2CCCCC2)c1.Cl. The van der Waals surface area contributed by atoms with Crippen molar-refractivity contribution >= 4 is 22.4 Å². The lowest BCUT2D eigenvalue weighted by Gasteiger charge is -2.29. The number of ether oxygens (including phenoxy) is 2. The summed E-state index contributed by atoms with van der Waals surface area (Å²) in [7, 11) is -0.697. The highest BCUT2D eigenvalue weighted by atomic mass is 35.5. The second kappa shape index (κ2) is 9.46. The number of methoxy groups -OCH3 is 2. The summed E-state index contributed by atoms with van der Waals surface area (Å²) in [4.78, 5) is 0.128. The van der Waals surface area contributed by atoms with Crippen LogP contribution in [0.15, 0.2) is 23.1 Å². The van der Waals surface area contributed by atoms with Crippen LogP contribution >= 0.6 is 12.4 Å². The Morgan fingerprint density at radius 1 is 1.12 bits per heavy atom. The van der Waals surface area contributed by atoms with E-state index in [2.05, 4.69) is 4.72 Å². The van der Waals surface area contributed by atoms with Crippen molar-refractivity contribution in [3.8, 4) is 11.5 Å². The second-order valence-electron chi connectivity index (χ2n) is 5.91. The monoisotopic (exact) mass is 378 g/mol. The molecule has 0 aromatic heterocycles. The van der Waals surface area contributed by atoms with Crippen molar-refractivity contribution in [1.29, 1.82) is 0 Å². The molecule has 1 saturated carbocycles. The third-order valence-corrected chi connectivity index (χ3v) is 5.88. The standard InChI is InChI=1S/C16H26N2O4S.ClH/c1-21-13-8-14(22-2)10-15(9-13)23(19,20)18-16(11-17)12-6-4-3-5-7-12;/h8-10,12,16,18H,3-7,11,17H2,1-2H3;1H. The summed E-state index contributed by atoms with van der Waals surface area (Å²) in [6.45, 7) is 0.297. The molecule has 0 saturated heterocycles. The summed E-state index contributed by atoms with van der Waals surface area (Å²) >= 11 is 0. The Labute approximate surface area is 150 Å². The lowest BCUT2D eigenvalue weighted by atomic mass is 9.84. The van der Waals surface area contributed by atoms with E-state index in [0.717, 1.165) is 25.7 Å². The van der Waals surface area contributed by atoms with Gasteiger partial charge in [-0.15, -0.1) is 12.4 Å². The molecule has 1 unspecified atom stereocenters. The minimum Gasteiger partial charge on any atom is -0.497 e. The van der Waals surface area contributed by atoms with Gasteiger partial charge in [-0.1, -0.05) is 19.3 Å². The first kappa shape index (κ1) is 21.0. The summed E-state index contributed by atoms with van der Waals surface area (Å²) in [5, 5.41) is 0. The molecule has 8 heteroatoms. The molecular weight excluding hydrogens is 352 g/mol. The van der Waals surface area contributed by atoms with Gasteiger partial charge in [0.25, 0.3) is 0 Å². The maximum absolute atomic E-state index is 12.7. The quantitative estimate of drug-likeness (QED) is 0.759. The molecule has 24 heavy (non-hydrogen) atoms. The summed E-state index contributed by atoms with van der Waals surface area (Å²) in [6, 6.07) is 4.37. The molecule has 0 amide bonds. The van der Waals surface area contributed by atoms with E-state index in [9.17, 15) is 8.42 Å². The largest absolute Gasteiger partial charge is 0.497 e. The average molecular weight is 379 g/mol. The minimum atomic E-state index is -3.68. The molecule has 1 aliphatic carbocycles. The molecule has 6 nitrogen and oxygen atoms in total. The zero-order valence-electron chi connectivity index (χ0n) is 14.2. The summed E-state index contributed by atoms with van der Waals surface area (Å²) in [5.74, 6) is 1.18. The first-order chi connectivity index (χ1) is 11.0. The molecule has 2 rings (SSSR count). The van der Waals surface area contributed by atoms with Crippen molar-refractivity contribution in [3.05, 3.63) is 18.2 Å². The van der Waals surface area contributed by atoms with Gasteiger partial charge in [-0.3, -0.25) is 0 Å². The minimum absolute atomic E-state index is 0. The van der Waals surface area contributed by atoms with Crippen LogP contribution in [0.1, 0.15) is 32.1 Å². The van der Waals surface area contributed by atoms with Crippen molar-refractivity contribution in [1.82, 2.24) is 4.72 Å². The maximum atomic E-state index is 12.7. The topological polar surface area (TPSA) is 90.6 Å². The van der Waals surface area contributed by atoms with Crippen LogP contribution in [0.25, 0.3) is 0 Å². The fourth-order valence-corrected chi connectivity index (χ4v) is 4.44. The van der Waals surface area contributed by atoms with Gasteiger partial charge in [0.2, 0.25) is 10.0 Å². The fourth-order valence-electron chi connectivity index (χ4n) is 3.08. The predicted molar refractivity (Wildman–Crippen MR) is 96.5 cm³/mol. The Balaban J connectivity index is 0.00000288. The molecule has 1 aromatic carbocycles. The van der Waals surface area contributed by atoms with Crippen molar-refractivity contribution < 1.29 is 17.9 Å². The Morgan fingerprint density at radius 3 is 2.12 bits per heavy atom. The van der Waals surface area contributed by atoms with Crippen LogP contribution in [0.2, 0.25) is 0 Å². The number of halogens is 1. The van der Waals surface area contributed by atoms with Gasteiger partial charge in [-0.25, -0.2) is 13.1 Å². The Kier molecular flexibility index (Phi) is 8.29. The second-order valence-corrected chi connectivity index (χ2v) is 7.62. The van der Waals surface area contributed by atoms with E-state index in [1.165, 1.54) is 32.8 Å². The van der Waals surface area contributed by atoms with E-state index in [0.29, 0.717) is 24.0 Å². The van der Waals surface area contributed by atoms with Crippen molar-refractivity contribution in [2.24, 2.45) is 11.7 Å². The van der Waals surface area contributed by atoms with Gasteiger partial charge in [0.05, 0.1) is 19.1 Å². The smallest absolute Gasteiger partial charge is 0.241 e. The molecule has 1 fully saturated rings. The molecule has 1 aliphatic rings. The normalized spacial score (nSPS) is 17.0. The van der Waals surface area contributed by atoms with E-state index >= 15 is 0 Å². The first-order valence-electron chi connectivity index (χ1n) is 7.95. The molecular formula is C16H27ClN2O4S. The van der Waals surface area contributed by atoms with Crippen molar-refractivity contribution in [2.75, 3.05) is 20.8 Å². The molecule has 1 aromatic rings. The van der Waals surface area contributed by atoms with Crippen LogP contribution in [0.3, 0.4) is 0 Å². The molecule has 3 N–H and O–H groups in total. The van der Waals surface area contributed by atoms with Crippen molar-refractivity contribution in [2.45, 2.75) is 43.0 Å². The van der Waals surface area contributed by atoms with E-state index in [-0.39, 0.29) is 23.3 Å². The average Bonchev–Trinajstić information content (AvgIpc) is 2.59. The number of hydrogen-bond donors (Lipinski definition) is 2. The third-order valence-electron chi connectivity index (χ3n) is 4.41. The third kappa shape index (κ3) is 5.24. The van der Waals surface area contributed by atoms with E-state index in [1.807, 2.05) is 0 Å². The van der Waals surface area contributed by atoms with Crippen molar-refractivity contribution in [3.63, 3.8) is 0 Å². The summed E-state index contributed by atoms with van der Waals surface area (Å²) in [5.41, 5.74) is 5.82. The van der Waals surface area contributed by atoms with Crippen LogP contribution in [-0.2, 0) is 10.0 Å². The molecule has 0 aliphatic heterocycles. The van der Waals surface area contributed by atoms with E-state index in [1.54, 1.807) is 6.07 Å². The van der Waals surface area contributed by atoms with Crippen LogP contribution in [0, 0.1) is 5.92 Å². The van der Waals surface area contributed by atoms with Crippen LogP contribution < -0.4 is 19.9 Å². The molecule has 1 atom stereocenters. The molecule has 138 valence electrons. The number of rotatable bonds is 7. The predicted octanol–water partition coefficient (Wildman–Crippen LogP) is 2.31. The Bertz CT molecular complexity index is 596. The number of nitrogens with two attached hydrogens (primary N) is 1. The zero-order valence-corrected chi connectivity index (χ0v) is 15.8. The van der Waals surface area contributed by atoms with E-state index in [4.69, 9.17) is 15.2 Å². The number of benzene rings is 1. The molecule has 0 spiro atoms. The van der Waals surface area contributed by atoms with Gasteiger partial charge >= 0.3 is 0 Å². The van der Waals surface area contributed by atoms with Crippen LogP contribution in [0.5, 0.6) is 11.5 Å². The highest BCUT2D eigenvalue weighted by Crippen LogP contribution is 2.29. The number of sulfonamides is 1. The number of hydrogen-bond acceptors (Lipinski definition) is 5. The lowest BCUT2D eigenvalue weighted by molar-refractivity contribution is 0.294. The summed E-state index contributed by atoms with van der Waals surface area (Å²) in [6.07, 6.45) is 5.52. The highest BCUT2D eigenvalue weighted by Gasteiger charge is 2.28.